The molecule has 174 valence electrons. The van der Waals surface area contributed by atoms with Gasteiger partial charge in [0.2, 0.25) is 11.8 Å². The fourth-order valence-electron chi connectivity index (χ4n) is 5.12. The molecule has 0 radical (unpaired) electrons. The van der Waals surface area contributed by atoms with Crippen LogP contribution in [-0.2, 0) is 16.0 Å². The number of nitrogens with zero attached hydrogens (tertiary/aromatic N) is 4. The second kappa shape index (κ2) is 9.44. The average Bonchev–Trinajstić information content (AvgIpc) is 3.31. The summed E-state index contributed by atoms with van der Waals surface area (Å²) in [6.45, 7) is 8.83. The lowest BCUT2D eigenvalue weighted by atomic mass is 9.83. The third kappa shape index (κ3) is 4.72. The summed E-state index contributed by atoms with van der Waals surface area (Å²) in [5, 5.41) is 14.3. The Kier molecular flexibility index (Phi) is 6.64. The second-order valence-electron chi connectivity index (χ2n) is 9.60. The van der Waals surface area contributed by atoms with Crippen LogP contribution in [0.4, 0.5) is 11.4 Å². The smallest absolute Gasteiger partial charge is 0.269 e. The van der Waals surface area contributed by atoms with Crippen molar-refractivity contribution in [3.05, 3.63) is 33.9 Å². The summed E-state index contributed by atoms with van der Waals surface area (Å²) >= 11 is 0. The number of nitro benzene ring substituents is 1. The first kappa shape index (κ1) is 22.5. The highest BCUT2D eigenvalue weighted by Gasteiger charge is 2.42. The Balaban J connectivity index is 1.55. The first-order valence-corrected chi connectivity index (χ1v) is 11.6. The minimum absolute atomic E-state index is 0.0152. The van der Waals surface area contributed by atoms with Gasteiger partial charge in [-0.25, -0.2) is 0 Å². The number of rotatable bonds is 6. The molecule has 1 N–H and O–H groups in total. The predicted molar refractivity (Wildman–Crippen MR) is 122 cm³/mol. The fraction of sp³-hybridized carbons (Fsp3) is 0.652. The minimum Gasteiger partial charge on any atom is -0.365 e. The van der Waals surface area contributed by atoms with Gasteiger partial charge in [0.15, 0.2) is 0 Å². The van der Waals surface area contributed by atoms with E-state index in [1.807, 2.05) is 11.0 Å². The largest absolute Gasteiger partial charge is 0.365 e. The lowest BCUT2D eigenvalue weighted by molar-refractivity contribution is -0.384. The normalized spacial score (nSPS) is 23.1. The number of hydrogen-bond donors (Lipinski definition) is 1. The van der Waals surface area contributed by atoms with Crippen molar-refractivity contribution in [2.75, 3.05) is 50.7 Å². The molecule has 3 aliphatic heterocycles. The average molecular weight is 444 g/mol. The highest BCUT2D eigenvalue weighted by Crippen LogP contribution is 2.38. The number of nitro groups is 1. The van der Waals surface area contributed by atoms with E-state index < -0.39 is 0 Å². The van der Waals surface area contributed by atoms with Crippen LogP contribution in [0.5, 0.6) is 0 Å². The highest BCUT2D eigenvalue weighted by molar-refractivity contribution is 5.82. The number of hydrogen-bond acceptors (Lipinski definition) is 6. The Morgan fingerprint density at radius 1 is 1.19 bits per heavy atom. The van der Waals surface area contributed by atoms with Gasteiger partial charge in [-0.2, -0.15) is 0 Å². The minimum atomic E-state index is -0.387. The van der Waals surface area contributed by atoms with Crippen LogP contribution in [0, 0.1) is 22.0 Å². The molecule has 2 fully saturated rings. The zero-order chi connectivity index (χ0) is 22.8. The Hall–Kier alpha value is -2.68. The monoisotopic (exact) mass is 443 g/mol. The Bertz CT molecular complexity index is 883. The van der Waals surface area contributed by atoms with E-state index in [1.165, 1.54) is 0 Å². The molecule has 0 spiro atoms. The molecular weight excluding hydrogens is 410 g/mol. The van der Waals surface area contributed by atoms with Crippen molar-refractivity contribution in [1.82, 2.24) is 15.1 Å². The molecule has 1 aromatic carbocycles. The maximum absolute atomic E-state index is 13.2. The van der Waals surface area contributed by atoms with Crippen molar-refractivity contribution in [2.45, 2.75) is 39.2 Å². The first-order chi connectivity index (χ1) is 15.3. The van der Waals surface area contributed by atoms with E-state index in [9.17, 15) is 19.7 Å². The summed E-state index contributed by atoms with van der Waals surface area (Å²) in [5.41, 5.74) is 1.87. The van der Waals surface area contributed by atoms with Crippen molar-refractivity contribution >= 4 is 23.2 Å². The molecule has 2 atom stereocenters. The molecule has 9 heteroatoms. The van der Waals surface area contributed by atoms with E-state index >= 15 is 0 Å². The van der Waals surface area contributed by atoms with Gasteiger partial charge in [-0.05, 0) is 36.8 Å². The Morgan fingerprint density at radius 3 is 2.62 bits per heavy atom. The molecule has 1 aromatic rings. The summed E-state index contributed by atoms with van der Waals surface area (Å²) in [6.07, 6.45) is 2.61. The summed E-state index contributed by atoms with van der Waals surface area (Å²) in [4.78, 5) is 43.1. The maximum Gasteiger partial charge on any atom is 0.269 e. The third-order valence-electron chi connectivity index (χ3n) is 6.83. The lowest BCUT2D eigenvalue weighted by Crippen LogP contribution is -2.62. The standard InChI is InChI=1S/C23H33N5O4/c1-16(2)13-24-23(30)19-12-17-11-18(28(31)32)5-6-20(17)27-10-9-25(14-21(19)27)15-22(29)26-7-3-4-8-26/h5-6,11,16,19,21H,3-4,7-10,12-15H2,1-2H3,(H,24,30)/t19-,21-/m0/s1. The number of nitrogens with one attached hydrogen (secondary N) is 1. The Labute approximate surface area is 188 Å². The van der Waals surface area contributed by atoms with Gasteiger partial charge in [0, 0.05) is 57.1 Å². The number of anilines is 1. The molecule has 9 nitrogen and oxygen atoms in total. The molecule has 2 amide bonds. The molecule has 3 heterocycles. The van der Waals surface area contributed by atoms with E-state index in [4.69, 9.17) is 0 Å². The summed E-state index contributed by atoms with van der Waals surface area (Å²) < 4.78 is 0. The van der Waals surface area contributed by atoms with E-state index in [0.29, 0.717) is 38.5 Å². The quantitative estimate of drug-likeness (QED) is 0.530. The number of amides is 2. The number of carbonyl (C=O) groups is 2. The van der Waals surface area contributed by atoms with E-state index in [1.54, 1.807) is 12.1 Å². The van der Waals surface area contributed by atoms with E-state index in [-0.39, 0.29) is 34.4 Å². The van der Waals surface area contributed by atoms with Gasteiger partial charge in [-0.1, -0.05) is 13.8 Å². The zero-order valence-corrected chi connectivity index (χ0v) is 19.0. The van der Waals surface area contributed by atoms with Crippen LogP contribution in [-0.4, -0.2) is 78.4 Å². The zero-order valence-electron chi connectivity index (χ0n) is 19.0. The van der Waals surface area contributed by atoms with Gasteiger partial charge >= 0.3 is 0 Å². The molecule has 0 aliphatic carbocycles. The van der Waals surface area contributed by atoms with Gasteiger partial charge in [0.25, 0.3) is 5.69 Å². The van der Waals surface area contributed by atoms with Crippen LogP contribution in [0.15, 0.2) is 18.2 Å². The second-order valence-corrected chi connectivity index (χ2v) is 9.60. The first-order valence-electron chi connectivity index (χ1n) is 11.6. The van der Waals surface area contributed by atoms with Gasteiger partial charge in [0.05, 0.1) is 23.4 Å². The molecular formula is C23H33N5O4. The third-order valence-corrected chi connectivity index (χ3v) is 6.83. The highest BCUT2D eigenvalue weighted by atomic mass is 16.6. The van der Waals surface area contributed by atoms with Crippen LogP contribution in [0.2, 0.25) is 0 Å². The van der Waals surface area contributed by atoms with Crippen LogP contribution in [0.3, 0.4) is 0 Å². The van der Waals surface area contributed by atoms with Gasteiger partial charge < -0.3 is 15.1 Å². The number of non-ortho nitro benzene ring substituents is 1. The molecule has 32 heavy (non-hydrogen) atoms. The van der Waals surface area contributed by atoms with Crippen molar-refractivity contribution in [3.8, 4) is 0 Å². The van der Waals surface area contributed by atoms with Gasteiger partial charge in [-0.3, -0.25) is 24.6 Å². The number of benzene rings is 1. The number of fused-ring (bicyclic) bond motifs is 3. The number of piperazine rings is 1. The topological polar surface area (TPSA) is 99.0 Å². The molecule has 0 unspecified atom stereocenters. The molecule has 0 aromatic heterocycles. The molecule has 2 saturated heterocycles. The lowest BCUT2D eigenvalue weighted by Gasteiger charge is -2.49. The summed E-state index contributed by atoms with van der Waals surface area (Å²) in [7, 11) is 0. The maximum atomic E-state index is 13.2. The molecule has 4 rings (SSSR count). The van der Waals surface area contributed by atoms with Crippen molar-refractivity contribution in [1.29, 1.82) is 0 Å². The molecule has 0 saturated carbocycles. The van der Waals surface area contributed by atoms with Gasteiger partial charge in [-0.15, -0.1) is 0 Å². The number of carbonyl (C=O) groups excluding carboxylic acids is 2. The van der Waals surface area contributed by atoms with E-state index in [0.717, 1.165) is 43.7 Å². The van der Waals surface area contributed by atoms with Crippen molar-refractivity contribution in [2.24, 2.45) is 11.8 Å². The fourth-order valence-corrected chi connectivity index (χ4v) is 5.12. The Morgan fingerprint density at radius 2 is 1.94 bits per heavy atom. The van der Waals surface area contributed by atoms with Gasteiger partial charge in [0.1, 0.15) is 0 Å². The van der Waals surface area contributed by atoms with E-state index in [2.05, 4.69) is 29.0 Å². The summed E-state index contributed by atoms with van der Waals surface area (Å²) in [6, 6.07) is 4.90. The van der Waals surface area contributed by atoms with Crippen LogP contribution in [0.1, 0.15) is 32.3 Å². The number of likely N-dealkylation sites (tertiary alicyclic amines) is 1. The SMILES string of the molecule is CC(C)CNC(=O)[C@H]1Cc2cc([N+](=O)[O-])ccc2N2CCN(CC(=O)N3CCCC3)C[C@@H]12. The van der Waals surface area contributed by atoms with Crippen molar-refractivity contribution < 1.29 is 14.5 Å². The van der Waals surface area contributed by atoms with Crippen molar-refractivity contribution in [3.63, 3.8) is 0 Å². The van der Waals surface area contributed by atoms with Crippen LogP contribution >= 0.6 is 0 Å². The van der Waals surface area contributed by atoms with Crippen LogP contribution in [0.25, 0.3) is 0 Å². The molecule has 0 bridgehead atoms. The van der Waals surface area contributed by atoms with Crippen LogP contribution < -0.4 is 10.2 Å². The molecule has 3 aliphatic rings. The summed E-state index contributed by atoms with van der Waals surface area (Å²) in [5.74, 6) is 0.183. The predicted octanol–water partition coefficient (Wildman–Crippen LogP) is 1.65.